The van der Waals surface area contributed by atoms with Crippen LogP contribution in [0.5, 0.6) is 23.0 Å². The first-order valence-electron chi connectivity index (χ1n) is 16.7. The predicted octanol–water partition coefficient (Wildman–Crippen LogP) is 5.78. The van der Waals surface area contributed by atoms with E-state index in [-0.39, 0.29) is 109 Å². The fourth-order valence-corrected chi connectivity index (χ4v) is 5.72. The van der Waals surface area contributed by atoms with Crippen molar-refractivity contribution >= 4 is 34.6 Å². The lowest BCUT2D eigenvalue weighted by atomic mass is 10.1. The molecule has 0 spiro atoms. The highest BCUT2D eigenvalue weighted by atomic mass is 127. The Morgan fingerprint density at radius 1 is 0.780 bits per heavy atom. The normalized spacial score (nSPS) is 10.1. The lowest BCUT2D eigenvalue weighted by Crippen LogP contribution is -3.00. The Hall–Kier alpha value is -6.67. The standard InChI is InChI=1S/C21H14ClFN4O3.C20H12ClFN4O2.HI/c1-12-5-16(26-27(11-28)21(12)29)8-14-3-4-18(22)20(19(14)23)30-17-7-13(10-24)6-15(9-17)25-2;1-11-5-15(25-26-20(11)27)8-13-3-4-17(21)19(18(13)22)28-16-7-12(10-23)6-14(9-16)24-2;/h3-7,9,28H,8,11H2,1H3;3-7,9H,8H2,1H3,(H,26,27);1H/p-1. The molecule has 6 rings (SSSR count). The topological polar surface area (TPSA) is 176 Å². The molecule has 2 aromatic heterocycles. The number of aliphatic hydroxyl groups excluding tert-OH is 1. The second-order valence-corrected chi connectivity index (χ2v) is 13.1. The van der Waals surface area contributed by atoms with Gasteiger partial charge in [-0.2, -0.15) is 20.7 Å². The van der Waals surface area contributed by atoms with E-state index in [1.165, 1.54) is 66.7 Å². The maximum absolute atomic E-state index is 15.2. The van der Waals surface area contributed by atoms with Crippen LogP contribution in [0.3, 0.4) is 0 Å². The Labute approximate surface area is 361 Å². The van der Waals surface area contributed by atoms with Gasteiger partial charge in [-0.15, -0.1) is 0 Å². The van der Waals surface area contributed by atoms with Gasteiger partial charge in [-0.25, -0.2) is 28.3 Å². The Morgan fingerprint density at radius 2 is 1.25 bits per heavy atom. The number of ether oxygens (including phenoxy) is 2. The largest absolute Gasteiger partial charge is 1.00 e. The molecule has 4 aromatic carbocycles. The van der Waals surface area contributed by atoms with Gasteiger partial charge in [-0.3, -0.25) is 9.59 Å². The van der Waals surface area contributed by atoms with Crippen LogP contribution in [0.2, 0.25) is 10.0 Å². The minimum absolute atomic E-state index is 0. The molecule has 0 aliphatic rings. The molecule has 0 fully saturated rings. The molecule has 0 bridgehead atoms. The van der Waals surface area contributed by atoms with Crippen molar-refractivity contribution in [2.75, 3.05) is 0 Å². The van der Waals surface area contributed by atoms with E-state index >= 15 is 8.78 Å². The summed E-state index contributed by atoms with van der Waals surface area (Å²) in [4.78, 5) is 29.8. The summed E-state index contributed by atoms with van der Waals surface area (Å²) in [5, 5.41) is 37.7. The first-order chi connectivity index (χ1) is 27.8. The second kappa shape index (κ2) is 20.1. The van der Waals surface area contributed by atoms with E-state index in [2.05, 4.69) is 25.0 Å². The Morgan fingerprint density at radius 3 is 1.69 bits per heavy atom. The number of hydrogen-bond acceptors (Lipinski definition) is 9. The number of aliphatic hydroxyl groups is 1. The summed E-state index contributed by atoms with van der Waals surface area (Å²) < 4.78 is 42.2. The van der Waals surface area contributed by atoms with Gasteiger partial charge < -0.3 is 38.6 Å². The van der Waals surface area contributed by atoms with Gasteiger partial charge in [0.1, 0.15) is 18.2 Å². The van der Waals surface area contributed by atoms with Gasteiger partial charge in [0.05, 0.1) is 46.7 Å². The van der Waals surface area contributed by atoms with Gasteiger partial charge in [0, 0.05) is 35.1 Å². The minimum Gasteiger partial charge on any atom is -1.00 e. The number of hydrogen-bond donors (Lipinski definition) is 2. The number of nitrogens with zero attached hydrogens (tertiary/aromatic N) is 7. The fourth-order valence-electron chi connectivity index (χ4n) is 5.35. The van der Waals surface area contributed by atoms with E-state index in [0.717, 1.165) is 4.68 Å². The number of H-pyrrole nitrogens is 1. The molecule has 0 amide bonds. The van der Waals surface area contributed by atoms with E-state index in [9.17, 15) is 14.7 Å². The third-order valence-electron chi connectivity index (χ3n) is 8.12. The number of nitriles is 2. The first kappa shape index (κ1) is 45.0. The molecule has 2 heterocycles. The molecule has 0 aliphatic carbocycles. The molecule has 0 atom stereocenters. The van der Waals surface area contributed by atoms with E-state index in [0.29, 0.717) is 22.5 Å². The lowest BCUT2D eigenvalue weighted by molar-refractivity contribution is -0.0000153. The van der Waals surface area contributed by atoms with E-state index in [4.69, 9.17) is 56.3 Å². The van der Waals surface area contributed by atoms with Crippen LogP contribution in [0.15, 0.2) is 82.4 Å². The SMILES string of the molecule is [C-]#[N+]c1cc(C#N)cc(Oc2c(Cl)ccc(Cc3cc(C)c(=O)[nH]n3)c2F)c1.[C-]#[N+]c1cc(C#N)cc(Oc2c(Cl)ccc(Cc3cc(C)c(=O)n(CO)n3)c2F)c1.[I-]. The Kier molecular flexibility index (Phi) is 15.4. The predicted molar refractivity (Wildman–Crippen MR) is 208 cm³/mol. The average Bonchev–Trinajstić information content (AvgIpc) is 3.22. The molecule has 0 saturated carbocycles. The lowest BCUT2D eigenvalue weighted by Gasteiger charge is -2.13. The van der Waals surface area contributed by atoms with E-state index in [1.54, 1.807) is 19.9 Å². The number of rotatable bonds is 9. The Balaban J connectivity index is 0.000000257. The van der Waals surface area contributed by atoms with Crippen molar-refractivity contribution in [3.8, 4) is 35.1 Å². The number of halogens is 5. The number of nitrogens with one attached hydrogen (secondary N) is 1. The minimum atomic E-state index is -0.740. The van der Waals surface area contributed by atoms with Crippen LogP contribution in [0.1, 0.15) is 44.8 Å². The molecule has 0 aliphatic heterocycles. The van der Waals surface area contributed by atoms with Crippen molar-refractivity contribution in [2.24, 2.45) is 0 Å². The number of aromatic nitrogens is 4. The molecular weight excluding hydrogens is 920 g/mol. The van der Waals surface area contributed by atoms with Crippen molar-refractivity contribution in [3.05, 3.63) is 183 Å². The number of aryl methyl sites for hydroxylation is 2. The highest BCUT2D eigenvalue weighted by Crippen LogP contribution is 2.38. The van der Waals surface area contributed by atoms with Gasteiger partial charge in [-0.05, 0) is 85.6 Å². The first-order valence-corrected chi connectivity index (χ1v) is 17.4. The van der Waals surface area contributed by atoms with Crippen molar-refractivity contribution in [1.82, 2.24) is 20.0 Å². The summed E-state index contributed by atoms with van der Waals surface area (Å²) in [6.45, 7) is 16.8. The smallest absolute Gasteiger partial charge is 0.271 e. The van der Waals surface area contributed by atoms with Crippen LogP contribution in [0.25, 0.3) is 9.69 Å². The third kappa shape index (κ3) is 11.0. The highest BCUT2D eigenvalue weighted by Gasteiger charge is 2.19. The molecule has 0 unspecified atom stereocenters. The number of benzene rings is 4. The molecule has 6 aromatic rings. The van der Waals surface area contributed by atoms with Crippen LogP contribution >= 0.6 is 23.2 Å². The maximum atomic E-state index is 15.2. The third-order valence-corrected chi connectivity index (χ3v) is 8.72. The Bertz CT molecular complexity index is 2820. The van der Waals surface area contributed by atoms with Crippen LogP contribution in [-0.2, 0) is 19.6 Å². The second-order valence-electron chi connectivity index (χ2n) is 12.3. The zero-order valence-electron chi connectivity index (χ0n) is 30.7. The highest BCUT2D eigenvalue weighted by molar-refractivity contribution is 6.32. The monoisotopic (exact) mass is 945 g/mol. The zero-order chi connectivity index (χ0) is 42.1. The molecule has 0 saturated heterocycles. The molecule has 0 radical (unpaired) electrons. The van der Waals surface area contributed by atoms with Crippen LogP contribution in [0, 0.1) is 61.3 Å². The van der Waals surface area contributed by atoms with Gasteiger partial charge in [0.25, 0.3) is 11.1 Å². The van der Waals surface area contributed by atoms with Gasteiger partial charge >= 0.3 is 0 Å². The average molecular weight is 947 g/mol. The maximum Gasteiger partial charge on any atom is 0.271 e. The van der Waals surface area contributed by atoms with Gasteiger partial charge in [-0.1, -0.05) is 35.3 Å². The number of aromatic amines is 1. The molecule has 18 heteroatoms. The molecule has 13 nitrogen and oxygen atoms in total. The van der Waals surface area contributed by atoms with Crippen molar-refractivity contribution in [1.29, 1.82) is 10.5 Å². The molecule has 2 N–H and O–H groups in total. The fraction of sp³-hybridized carbons (Fsp3) is 0.122. The molecular formula is C41H26Cl2F2IN8O5-. The quantitative estimate of drug-likeness (QED) is 0.135. The van der Waals surface area contributed by atoms with Crippen LogP contribution in [-0.4, -0.2) is 25.1 Å². The summed E-state index contributed by atoms with van der Waals surface area (Å²) in [6, 6.07) is 21.2. The van der Waals surface area contributed by atoms with Crippen molar-refractivity contribution in [2.45, 2.75) is 33.4 Å². The summed E-state index contributed by atoms with van der Waals surface area (Å²) in [7, 11) is 0. The summed E-state index contributed by atoms with van der Waals surface area (Å²) in [6.07, 6.45) is 0.133. The van der Waals surface area contributed by atoms with Crippen LogP contribution < -0.4 is 44.6 Å². The summed E-state index contributed by atoms with van der Waals surface area (Å²) >= 11 is 12.2. The van der Waals surface area contributed by atoms with E-state index in [1.807, 2.05) is 12.1 Å². The summed E-state index contributed by atoms with van der Waals surface area (Å²) in [5.41, 5.74) is 2.16. The van der Waals surface area contributed by atoms with Crippen molar-refractivity contribution in [3.63, 3.8) is 0 Å². The van der Waals surface area contributed by atoms with Gasteiger partial charge in [0.15, 0.2) is 34.5 Å². The summed E-state index contributed by atoms with van der Waals surface area (Å²) in [5.74, 6) is -1.68. The molecule has 296 valence electrons. The van der Waals surface area contributed by atoms with Crippen molar-refractivity contribution < 1.29 is 47.3 Å². The molecule has 59 heavy (non-hydrogen) atoms. The van der Waals surface area contributed by atoms with Crippen LogP contribution in [0.4, 0.5) is 20.2 Å². The zero-order valence-corrected chi connectivity index (χ0v) is 34.3. The van der Waals surface area contributed by atoms with E-state index < -0.39 is 23.9 Å². The van der Waals surface area contributed by atoms with Gasteiger partial charge in [0.2, 0.25) is 0 Å².